The van der Waals surface area contributed by atoms with Crippen molar-refractivity contribution in [1.29, 1.82) is 0 Å². The van der Waals surface area contributed by atoms with Gasteiger partial charge in [0.25, 0.3) is 5.91 Å². The first-order chi connectivity index (χ1) is 14.8. The zero-order valence-corrected chi connectivity index (χ0v) is 17.6. The molecule has 3 aromatic rings. The van der Waals surface area contributed by atoms with Crippen molar-refractivity contribution >= 4 is 38.4 Å². The predicted octanol–water partition coefficient (Wildman–Crippen LogP) is 1.21. The minimum atomic E-state index is -3.84. The molecular formula is C21H23N5O4S. The Bertz CT molecular complexity index is 1200. The van der Waals surface area contributed by atoms with Crippen LogP contribution in [0.1, 0.15) is 10.5 Å². The number of hydrogen-bond donors (Lipinski definition) is 3. The lowest BCUT2D eigenvalue weighted by Gasteiger charge is -2.34. The standard InChI is InChI=1S/C21H23N5O4S/c22-31(29,30)17-6-3-5-16(13-17)23-20(27)14-25-8-10-26(11-9-25)21(28)19-12-15-4-1-2-7-18(15)24-19/h1-7,12-13,24H,8-11,14H2,(H,23,27)(H2,22,29,30). The number of piperazine rings is 1. The van der Waals surface area contributed by atoms with E-state index in [1.807, 2.05) is 35.2 Å². The number of H-pyrrole nitrogens is 1. The van der Waals surface area contributed by atoms with Gasteiger partial charge in [0, 0.05) is 42.8 Å². The summed E-state index contributed by atoms with van der Waals surface area (Å²) in [4.78, 5) is 32.0. The SMILES string of the molecule is NS(=O)(=O)c1cccc(NC(=O)CN2CCN(C(=O)c3cc4ccccc4[nH]3)CC2)c1. The molecule has 1 aliphatic heterocycles. The number of nitrogens with zero attached hydrogens (tertiary/aromatic N) is 2. The van der Waals surface area contributed by atoms with Gasteiger partial charge in [0.2, 0.25) is 15.9 Å². The molecule has 0 atom stereocenters. The van der Waals surface area contributed by atoms with Crippen LogP contribution < -0.4 is 10.5 Å². The zero-order valence-electron chi connectivity index (χ0n) is 16.7. The molecular weight excluding hydrogens is 418 g/mol. The van der Waals surface area contributed by atoms with Gasteiger partial charge >= 0.3 is 0 Å². The average Bonchev–Trinajstić information content (AvgIpc) is 3.17. The highest BCUT2D eigenvalue weighted by Crippen LogP contribution is 2.17. The van der Waals surface area contributed by atoms with Gasteiger partial charge < -0.3 is 15.2 Å². The zero-order chi connectivity index (χ0) is 22.0. The quantitative estimate of drug-likeness (QED) is 0.548. The third kappa shape index (κ3) is 4.93. The third-order valence-electron chi connectivity index (χ3n) is 5.23. The van der Waals surface area contributed by atoms with Gasteiger partial charge in [-0.15, -0.1) is 0 Å². The molecule has 2 amide bonds. The van der Waals surface area contributed by atoms with Crippen molar-refractivity contribution in [3.05, 3.63) is 60.3 Å². The lowest BCUT2D eigenvalue weighted by atomic mass is 10.2. The van der Waals surface area contributed by atoms with Gasteiger partial charge in [-0.1, -0.05) is 24.3 Å². The Morgan fingerprint density at radius 1 is 1.00 bits per heavy atom. The Kier molecular flexibility index (Phi) is 5.77. The van der Waals surface area contributed by atoms with E-state index in [4.69, 9.17) is 5.14 Å². The number of aromatic amines is 1. The van der Waals surface area contributed by atoms with E-state index in [2.05, 4.69) is 10.3 Å². The average molecular weight is 442 g/mol. The molecule has 4 N–H and O–H groups in total. The van der Waals surface area contributed by atoms with E-state index in [0.717, 1.165) is 10.9 Å². The van der Waals surface area contributed by atoms with Crippen molar-refractivity contribution in [2.45, 2.75) is 4.90 Å². The van der Waals surface area contributed by atoms with Crippen LogP contribution in [0.4, 0.5) is 5.69 Å². The number of para-hydroxylation sites is 1. The number of anilines is 1. The lowest BCUT2D eigenvalue weighted by molar-refractivity contribution is -0.117. The fourth-order valence-electron chi connectivity index (χ4n) is 3.62. The number of rotatable bonds is 5. The van der Waals surface area contributed by atoms with Crippen LogP contribution in [0.5, 0.6) is 0 Å². The molecule has 4 rings (SSSR count). The van der Waals surface area contributed by atoms with Crippen LogP contribution in [0.3, 0.4) is 0 Å². The highest BCUT2D eigenvalue weighted by Gasteiger charge is 2.24. The van der Waals surface area contributed by atoms with Crippen molar-refractivity contribution in [2.24, 2.45) is 5.14 Å². The van der Waals surface area contributed by atoms with Gasteiger partial charge in [-0.25, -0.2) is 13.6 Å². The number of nitrogens with one attached hydrogen (secondary N) is 2. The Balaban J connectivity index is 1.31. The number of aromatic nitrogens is 1. The number of sulfonamides is 1. The second-order valence-electron chi connectivity index (χ2n) is 7.46. The molecule has 1 aliphatic rings. The maximum Gasteiger partial charge on any atom is 0.270 e. The molecule has 9 nitrogen and oxygen atoms in total. The van der Waals surface area contributed by atoms with Crippen LogP contribution in [0, 0.1) is 0 Å². The number of benzene rings is 2. The van der Waals surface area contributed by atoms with E-state index in [0.29, 0.717) is 37.6 Å². The molecule has 2 heterocycles. The summed E-state index contributed by atoms with van der Waals surface area (Å²) >= 11 is 0. The Hall–Kier alpha value is -3.21. The van der Waals surface area contributed by atoms with E-state index in [1.54, 1.807) is 11.0 Å². The molecule has 1 aromatic heterocycles. The van der Waals surface area contributed by atoms with Gasteiger partial charge in [0.05, 0.1) is 11.4 Å². The van der Waals surface area contributed by atoms with E-state index < -0.39 is 10.0 Å². The number of carbonyl (C=O) groups is 2. The predicted molar refractivity (Wildman–Crippen MR) is 117 cm³/mol. The number of hydrogen-bond acceptors (Lipinski definition) is 5. The molecule has 10 heteroatoms. The second-order valence-corrected chi connectivity index (χ2v) is 9.02. The van der Waals surface area contributed by atoms with E-state index >= 15 is 0 Å². The highest BCUT2D eigenvalue weighted by molar-refractivity contribution is 7.89. The molecule has 0 aliphatic carbocycles. The lowest BCUT2D eigenvalue weighted by Crippen LogP contribution is -2.50. The molecule has 0 saturated carbocycles. The van der Waals surface area contributed by atoms with Crippen molar-refractivity contribution in [1.82, 2.24) is 14.8 Å². The minimum absolute atomic E-state index is 0.0555. The Labute approximate surface area is 179 Å². The minimum Gasteiger partial charge on any atom is -0.351 e. The summed E-state index contributed by atoms with van der Waals surface area (Å²) in [5.41, 5.74) is 1.85. The molecule has 1 fully saturated rings. The molecule has 0 bridgehead atoms. The summed E-state index contributed by atoms with van der Waals surface area (Å²) in [7, 11) is -3.84. The first-order valence-corrected chi connectivity index (χ1v) is 11.4. The van der Waals surface area contributed by atoms with E-state index in [-0.39, 0.29) is 23.3 Å². The number of amides is 2. The third-order valence-corrected chi connectivity index (χ3v) is 6.14. The van der Waals surface area contributed by atoms with Crippen molar-refractivity contribution < 1.29 is 18.0 Å². The maximum absolute atomic E-state index is 12.8. The molecule has 0 radical (unpaired) electrons. The Morgan fingerprint density at radius 3 is 2.45 bits per heavy atom. The summed E-state index contributed by atoms with van der Waals surface area (Å²) in [6.45, 7) is 2.31. The van der Waals surface area contributed by atoms with Crippen LogP contribution in [0.2, 0.25) is 0 Å². The number of primary sulfonamides is 1. The van der Waals surface area contributed by atoms with Gasteiger partial charge in [-0.2, -0.15) is 0 Å². The van der Waals surface area contributed by atoms with Crippen molar-refractivity contribution in [2.75, 3.05) is 38.0 Å². The normalized spacial score (nSPS) is 15.2. The largest absolute Gasteiger partial charge is 0.351 e. The smallest absolute Gasteiger partial charge is 0.270 e. The number of fused-ring (bicyclic) bond motifs is 1. The number of carbonyl (C=O) groups excluding carboxylic acids is 2. The summed E-state index contributed by atoms with van der Waals surface area (Å²) in [5, 5.41) is 8.81. The Morgan fingerprint density at radius 2 is 1.74 bits per heavy atom. The second kappa shape index (κ2) is 8.50. The molecule has 31 heavy (non-hydrogen) atoms. The molecule has 1 saturated heterocycles. The topological polar surface area (TPSA) is 129 Å². The van der Waals surface area contributed by atoms with Crippen molar-refractivity contribution in [3.8, 4) is 0 Å². The highest BCUT2D eigenvalue weighted by atomic mass is 32.2. The van der Waals surface area contributed by atoms with E-state index in [9.17, 15) is 18.0 Å². The number of nitrogens with two attached hydrogens (primary N) is 1. The van der Waals surface area contributed by atoms with Crippen LogP contribution in [-0.4, -0.2) is 67.7 Å². The maximum atomic E-state index is 12.8. The molecule has 0 unspecified atom stereocenters. The fourth-order valence-corrected chi connectivity index (χ4v) is 4.18. The van der Waals surface area contributed by atoms with Crippen LogP contribution in [0.25, 0.3) is 10.9 Å². The van der Waals surface area contributed by atoms with Crippen LogP contribution >= 0.6 is 0 Å². The molecule has 162 valence electrons. The summed E-state index contributed by atoms with van der Waals surface area (Å²) in [5.74, 6) is -0.318. The van der Waals surface area contributed by atoms with E-state index in [1.165, 1.54) is 18.2 Å². The van der Waals surface area contributed by atoms with Gasteiger partial charge in [-0.05, 0) is 30.3 Å². The van der Waals surface area contributed by atoms with Gasteiger partial charge in [-0.3, -0.25) is 14.5 Å². The first-order valence-electron chi connectivity index (χ1n) is 9.82. The summed E-state index contributed by atoms with van der Waals surface area (Å²) in [6, 6.07) is 15.4. The molecule has 2 aromatic carbocycles. The summed E-state index contributed by atoms with van der Waals surface area (Å²) in [6.07, 6.45) is 0. The monoisotopic (exact) mass is 441 g/mol. The van der Waals surface area contributed by atoms with Gasteiger partial charge in [0.1, 0.15) is 5.69 Å². The summed E-state index contributed by atoms with van der Waals surface area (Å²) < 4.78 is 22.9. The fraction of sp³-hybridized carbons (Fsp3) is 0.238. The van der Waals surface area contributed by atoms with Crippen molar-refractivity contribution in [3.63, 3.8) is 0 Å². The van der Waals surface area contributed by atoms with Crippen LogP contribution in [0.15, 0.2) is 59.5 Å². The van der Waals surface area contributed by atoms with Crippen LogP contribution in [-0.2, 0) is 14.8 Å². The first kappa shape index (κ1) is 21.0. The van der Waals surface area contributed by atoms with Gasteiger partial charge in [0.15, 0.2) is 0 Å². The molecule has 0 spiro atoms.